The number of halogens is 2. The summed E-state index contributed by atoms with van der Waals surface area (Å²) >= 11 is 0. The van der Waals surface area contributed by atoms with Crippen molar-refractivity contribution in [1.29, 1.82) is 5.26 Å². The number of hydrogen-bond donors (Lipinski definition) is 1. The van der Waals surface area contributed by atoms with E-state index in [1.807, 2.05) is 18.7 Å². The minimum atomic E-state index is -2.93. The van der Waals surface area contributed by atoms with Crippen molar-refractivity contribution in [3.8, 4) is 11.8 Å². The molecule has 0 bridgehead atoms. The van der Waals surface area contributed by atoms with E-state index in [-0.39, 0.29) is 17.7 Å². The number of anilines is 1. The molecular weight excluding hydrogens is 378 g/mol. The fourth-order valence-corrected chi connectivity index (χ4v) is 3.54. The number of aromatic nitrogens is 1. The molecule has 2 heterocycles. The highest BCUT2D eigenvalue weighted by atomic mass is 19.3. The number of likely N-dealkylation sites (tertiary alicyclic amines) is 1. The Hall–Kier alpha value is -2.95. The van der Waals surface area contributed by atoms with Crippen molar-refractivity contribution in [1.82, 2.24) is 9.88 Å². The Labute approximate surface area is 168 Å². The maximum Gasteiger partial charge on any atom is 0.387 e. The summed E-state index contributed by atoms with van der Waals surface area (Å²) in [4.78, 5) is 18.4. The summed E-state index contributed by atoms with van der Waals surface area (Å²) in [6.07, 6.45) is 3.50. The first-order valence-corrected chi connectivity index (χ1v) is 9.69. The third kappa shape index (κ3) is 5.11. The van der Waals surface area contributed by atoms with Gasteiger partial charge in [0.15, 0.2) is 0 Å². The third-order valence-corrected chi connectivity index (χ3v) is 4.96. The lowest BCUT2D eigenvalue weighted by Gasteiger charge is -2.33. The van der Waals surface area contributed by atoms with E-state index in [4.69, 9.17) is 0 Å². The lowest BCUT2D eigenvalue weighted by atomic mass is 10.0. The summed E-state index contributed by atoms with van der Waals surface area (Å²) in [5.41, 5.74) is 1.48. The van der Waals surface area contributed by atoms with Gasteiger partial charge < -0.3 is 15.0 Å². The van der Waals surface area contributed by atoms with E-state index in [1.54, 1.807) is 6.07 Å². The summed E-state index contributed by atoms with van der Waals surface area (Å²) in [6, 6.07) is 6.66. The van der Waals surface area contributed by atoms with Gasteiger partial charge in [0, 0.05) is 37.1 Å². The molecule has 29 heavy (non-hydrogen) atoms. The fourth-order valence-electron chi connectivity index (χ4n) is 3.54. The molecular formula is C21H24F2N4O2. The van der Waals surface area contributed by atoms with E-state index in [2.05, 4.69) is 21.1 Å². The Kier molecular flexibility index (Phi) is 6.47. The molecule has 1 fully saturated rings. The molecule has 1 amide bonds. The average Bonchev–Trinajstić information content (AvgIpc) is 2.68. The number of nitrogens with zero attached hydrogens (tertiary/aromatic N) is 3. The van der Waals surface area contributed by atoms with Crippen molar-refractivity contribution >= 4 is 22.5 Å². The van der Waals surface area contributed by atoms with Crippen LogP contribution in [0.4, 0.5) is 14.5 Å². The number of piperidine rings is 1. The quantitative estimate of drug-likeness (QED) is 0.785. The van der Waals surface area contributed by atoms with Gasteiger partial charge in [-0.1, -0.05) is 13.8 Å². The van der Waals surface area contributed by atoms with Gasteiger partial charge in [-0.05, 0) is 37.0 Å². The van der Waals surface area contributed by atoms with Crippen LogP contribution in [-0.4, -0.2) is 41.5 Å². The minimum Gasteiger partial charge on any atom is -0.435 e. The fraction of sp³-hybridized carbons (Fsp3) is 0.476. The second kappa shape index (κ2) is 9.03. The number of rotatable bonds is 6. The van der Waals surface area contributed by atoms with E-state index in [0.29, 0.717) is 47.6 Å². The van der Waals surface area contributed by atoms with Crippen LogP contribution in [0.25, 0.3) is 10.9 Å². The van der Waals surface area contributed by atoms with Crippen LogP contribution in [0.2, 0.25) is 0 Å². The highest BCUT2D eigenvalue weighted by Gasteiger charge is 2.24. The molecule has 1 saturated heterocycles. The van der Waals surface area contributed by atoms with Crippen LogP contribution >= 0.6 is 0 Å². The number of ether oxygens (including phenoxy) is 1. The number of amides is 1. The van der Waals surface area contributed by atoms with Crippen LogP contribution in [0.1, 0.15) is 38.7 Å². The molecule has 3 rings (SSSR count). The van der Waals surface area contributed by atoms with E-state index in [9.17, 15) is 18.8 Å². The van der Waals surface area contributed by atoms with E-state index in [0.717, 1.165) is 12.8 Å². The molecule has 154 valence electrons. The van der Waals surface area contributed by atoms with Gasteiger partial charge in [-0.3, -0.25) is 9.78 Å². The van der Waals surface area contributed by atoms with E-state index < -0.39 is 6.61 Å². The molecule has 0 unspecified atom stereocenters. The van der Waals surface area contributed by atoms with Crippen LogP contribution in [0.3, 0.4) is 0 Å². The molecule has 1 N–H and O–H groups in total. The van der Waals surface area contributed by atoms with Crippen molar-refractivity contribution in [3.05, 3.63) is 30.0 Å². The largest absolute Gasteiger partial charge is 0.435 e. The van der Waals surface area contributed by atoms with Gasteiger partial charge in [-0.25, -0.2) is 0 Å². The molecule has 2 aromatic rings. The zero-order valence-electron chi connectivity index (χ0n) is 16.5. The Morgan fingerprint density at radius 3 is 2.72 bits per heavy atom. The number of carbonyl (C=O) groups is 1. The van der Waals surface area contributed by atoms with E-state index in [1.165, 1.54) is 18.3 Å². The SMILES string of the molecule is CC(C)CC(=O)N1CCC(Nc2c(C#N)cnc3ccc(OC(F)F)cc23)CC1. The van der Waals surface area contributed by atoms with Gasteiger partial charge in [0.2, 0.25) is 5.91 Å². The van der Waals surface area contributed by atoms with Gasteiger partial charge in [0.05, 0.1) is 16.8 Å². The second-order valence-corrected chi connectivity index (χ2v) is 7.61. The molecule has 0 atom stereocenters. The van der Waals surface area contributed by atoms with Crippen LogP contribution in [0.5, 0.6) is 5.75 Å². The van der Waals surface area contributed by atoms with Crippen molar-refractivity contribution in [2.45, 2.75) is 45.8 Å². The van der Waals surface area contributed by atoms with Gasteiger partial charge in [-0.2, -0.15) is 14.0 Å². The second-order valence-electron chi connectivity index (χ2n) is 7.61. The molecule has 0 saturated carbocycles. The highest BCUT2D eigenvalue weighted by molar-refractivity contribution is 5.95. The van der Waals surface area contributed by atoms with Crippen LogP contribution in [0.15, 0.2) is 24.4 Å². The topological polar surface area (TPSA) is 78.3 Å². The van der Waals surface area contributed by atoms with Crippen molar-refractivity contribution in [3.63, 3.8) is 0 Å². The van der Waals surface area contributed by atoms with Crippen molar-refractivity contribution in [2.75, 3.05) is 18.4 Å². The summed E-state index contributed by atoms with van der Waals surface area (Å²) < 4.78 is 29.7. The summed E-state index contributed by atoms with van der Waals surface area (Å²) in [5.74, 6) is 0.505. The normalized spacial score (nSPS) is 15.0. The number of carbonyl (C=O) groups excluding carboxylic acids is 1. The molecule has 1 aliphatic heterocycles. The number of fused-ring (bicyclic) bond motifs is 1. The van der Waals surface area contributed by atoms with Gasteiger partial charge in [0.25, 0.3) is 0 Å². The molecule has 0 spiro atoms. The number of alkyl halides is 2. The summed E-state index contributed by atoms with van der Waals surface area (Å²) in [6.45, 7) is 2.41. The molecule has 0 radical (unpaired) electrons. The maximum absolute atomic E-state index is 12.6. The Morgan fingerprint density at radius 1 is 1.38 bits per heavy atom. The molecule has 8 heteroatoms. The summed E-state index contributed by atoms with van der Waals surface area (Å²) in [5, 5.41) is 13.4. The first-order valence-electron chi connectivity index (χ1n) is 9.69. The molecule has 1 aromatic heterocycles. The monoisotopic (exact) mass is 402 g/mol. The number of hydrogen-bond acceptors (Lipinski definition) is 5. The number of pyridine rings is 1. The lowest BCUT2D eigenvalue weighted by molar-refractivity contribution is -0.132. The Bertz CT molecular complexity index is 919. The first-order chi connectivity index (χ1) is 13.9. The van der Waals surface area contributed by atoms with Crippen molar-refractivity contribution in [2.24, 2.45) is 5.92 Å². The zero-order valence-corrected chi connectivity index (χ0v) is 16.5. The number of benzene rings is 1. The summed E-state index contributed by atoms with van der Waals surface area (Å²) in [7, 11) is 0. The molecule has 6 nitrogen and oxygen atoms in total. The Morgan fingerprint density at radius 2 is 2.10 bits per heavy atom. The predicted octanol–water partition coefficient (Wildman–Crippen LogP) is 4.16. The van der Waals surface area contributed by atoms with Gasteiger partial charge in [-0.15, -0.1) is 0 Å². The number of nitrogens with one attached hydrogen (secondary N) is 1. The van der Waals surface area contributed by atoms with Crippen LogP contribution in [-0.2, 0) is 4.79 Å². The smallest absolute Gasteiger partial charge is 0.387 e. The van der Waals surface area contributed by atoms with Gasteiger partial charge in [0.1, 0.15) is 11.8 Å². The predicted molar refractivity (Wildman–Crippen MR) is 106 cm³/mol. The molecule has 1 aliphatic rings. The molecule has 1 aromatic carbocycles. The van der Waals surface area contributed by atoms with Gasteiger partial charge >= 0.3 is 6.61 Å². The third-order valence-electron chi connectivity index (χ3n) is 4.96. The number of nitriles is 1. The average molecular weight is 402 g/mol. The van der Waals surface area contributed by atoms with Crippen molar-refractivity contribution < 1.29 is 18.3 Å². The standard InChI is InChI=1S/C21H24F2N4O2/c1-13(2)9-19(28)27-7-5-15(6-8-27)26-20-14(11-24)12-25-18-4-3-16(10-17(18)20)29-21(22)23/h3-4,10,12-13,15,21H,5-9H2,1-2H3,(H,25,26). The first kappa shape index (κ1) is 20.8. The minimum absolute atomic E-state index is 0.0153. The van der Waals surface area contributed by atoms with Crippen LogP contribution < -0.4 is 10.1 Å². The highest BCUT2D eigenvalue weighted by Crippen LogP contribution is 2.31. The molecule has 0 aliphatic carbocycles. The van der Waals surface area contributed by atoms with Crippen LogP contribution in [0, 0.1) is 17.2 Å². The lowest BCUT2D eigenvalue weighted by Crippen LogP contribution is -2.42. The maximum atomic E-state index is 12.6. The zero-order chi connectivity index (χ0) is 21.0. The Balaban J connectivity index is 1.79. The van der Waals surface area contributed by atoms with E-state index >= 15 is 0 Å².